The Bertz CT molecular complexity index is 1130. The van der Waals surface area contributed by atoms with Crippen LogP contribution < -0.4 is 30.5 Å². The number of ether oxygens (including phenoxy) is 1. The molecule has 0 aromatic heterocycles. The minimum atomic E-state index is -0.866. The van der Waals surface area contributed by atoms with Gasteiger partial charge >= 0.3 is 225 Å². The predicted molar refractivity (Wildman–Crippen MR) is 151 cm³/mol. The van der Waals surface area contributed by atoms with E-state index in [4.69, 9.17) is 4.74 Å². The van der Waals surface area contributed by atoms with Crippen LogP contribution in [-0.4, -0.2) is 69.9 Å². The van der Waals surface area contributed by atoms with Gasteiger partial charge in [0.15, 0.2) is 0 Å². The van der Waals surface area contributed by atoms with Gasteiger partial charge in [-0.15, -0.1) is 0 Å². The van der Waals surface area contributed by atoms with Gasteiger partial charge in [0.05, 0.1) is 7.11 Å². The Balaban J connectivity index is 1.79. The SMILES string of the molecule is COc1ccc(CCC[C@@H]2NC(=O)[C@H](C(C)C)NC(=O)[C@H](C)NC(=O)[C@@H](C[Se]c3ccccc3)NC2=O)cc1. The maximum absolute atomic E-state index is 13.5. The van der Waals surface area contributed by atoms with Gasteiger partial charge in [-0.3, -0.25) is 0 Å². The Labute approximate surface area is 236 Å². The van der Waals surface area contributed by atoms with E-state index in [0.29, 0.717) is 24.6 Å². The maximum atomic E-state index is 13.5. The number of amides is 4. The molecule has 0 saturated carbocycles. The van der Waals surface area contributed by atoms with Gasteiger partial charge in [-0.25, -0.2) is 0 Å². The van der Waals surface area contributed by atoms with Crippen LogP contribution in [0, 0.1) is 5.92 Å². The minimum absolute atomic E-state index is 0.0883. The molecular formula is C29H38N4O5Se. The fourth-order valence-corrected chi connectivity index (χ4v) is 6.16. The Hall–Kier alpha value is -3.36. The first-order chi connectivity index (χ1) is 18.7. The zero-order valence-corrected chi connectivity index (χ0v) is 24.6. The summed E-state index contributed by atoms with van der Waals surface area (Å²) in [7, 11) is 1.61. The Morgan fingerprint density at radius 2 is 1.44 bits per heavy atom. The van der Waals surface area contributed by atoms with Crippen molar-refractivity contribution in [1.82, 2.24) is 21.3 Å². The standard InChI is InChI=1S/C29H38N4O5Se/c1-18(2)25-29(37)31-23(12-8-9-20-13-15-21(38-4)16-14-20)27(35)32-24(17-39-22-10-6-5-7-11-22)28(36)30-19(3)26(34)33-25/h5-7,10-11,13-16,18-19,23-25H,8-9,12,17H2,1-4H3,(H,30,36)(H,31,37)(H,32,35)(H,33,34)/t19-,23-,24+,25-/m0/s1. The average molecular weight is 602 g/mol. The Morgan fingerprint density at radius 3 is 2.08 bits per heavy atom. The molecule has 3 rings (SSSR count). The van der Waals surface area contributed by atoms with Crippen molar-refractivity contribution < 1.29 is 23.9 Å². The van der Waals surface area contributed by atoms with Gasteiger partial charge in [0, 0.05) is 0 Å². The van der Waals surface area contributed by atoms with E-state index in [9.17, 15) is 19.2 Å². The van der Waals surface area contributed by atoms with Crippen LogP contribution in [0.2, 0.25) is 5.32 Å². The van der Waals surface area contributed by atoms with Crippen LogP contribution in [0.15, 0.2) is 54.6 Å². The predicted octanol–water partition coefficient (Wildman–Crippen LogP) is 1.09. The molecule has 1 aliphatic rings. The average Bonchev–Trinajstić information content (AvgIpc) is 2.93. The van der Waals surface area contributed by atoms with Crippen LogP contribution >= 0.6 is 0 Å². The molecule has 2 aromatic rings. The summed E-state index contributed by atoms with van der Waals surface area (Å²) in [5, 5.41) is 11.6. The number of aryl methyl sites for hydroxylation is 1. The van der Waals surface area contributed by atoms with Crippen LogP contribution in [-0.2, 0) is 25.6 Å². The molecule has 10 heteroatoms. The summed E-state index contributed by atoms with van der Waals surface area (Å²) >= 11 is -0.0883. The van der Waals surface area contributed by atoms with Crippen LogP contribution in [0.1, 0.15) is 39.2 Å². The quantitative estimate of drug-likeness (QED) is 0.321. The molecule has 0 radical (unpaired) electrons. The van der Waals surface area contributed by atoms with Crippen LogP contribution in [0.4, 0.5) is 0 Å². The van der Waals surface area contributed by atoms with E-state index in [1.807, 2.05) is 68.4 Å². The fourth-order valence-electron chi connectivity index (χ4n) is 4.18. The molecule has 210 valence electrons. The van der Waals surface area contributed by atoms with Gasteiger partial charge < -0.3 is 4.74 Å². The molecule has 1 aliphatic heterocycles. The van der Waals surface area contributed by atoms with Crippen molar-refractivity contribution in [2.75, 3.05) is 7.11 Å². The molecule has 1 fully saturated rings. The third kappa shape index (κ3) is 9.11. The first-order valence-electron chi connectivity index (χ1n) is 13.2. The number of carbonyl (C=O) groups excluding carboxylic acids is 4. The molecule has 4 N–H and O–H groups in total. The van der Waals surface area contributed by atoms with Gasteiger partial charge in [0.2, 0.25) is 0 Å². The summed E-state index contributed by atoms with van der Waals surface area (Å²) in [5.74, 6) is -1.16. The normalized spacial score (nSPS) is 22.6. The van der Waals surface area contributed by atoms with E-state index in [2.05, 4.69) is 21.3 Å². The van der Waals surface area contributed by atoms with Crippen molar-refractivity contribution >= 4 is 43.0 Å². The van der Waals surface area contributed by atoms with Gasteiger partial charge in [-0.1, -0.05) is 0 Å². The molecule has 1 heterocycles. The molecule has 9 nitrogen and oxygen atoms in total. The third-order valence-electron chi connectivity index (χ3n) is 6.54. The second-order valence-electron chi connectivity index (χ2n) is 9.95. The van der Waals surface area contributed by atoms with E-state index in [0.717, 1.165) is 15.8 Å². The topological polar surface area (TPSA) is 126 Å². The molecular weight excluding hydrogens is 563 g/mol. The molecule has 4 atom stereocenters. The van der Waals surface area contributed by atoms with E-state index in [-0.39, 0.29) is 20.9 Å². The van der Waals surface area contributed by atoms with Gasteiger partial charge in [-0.2, -0.15) is 0 Å². The van der Waals surface area contributed by atoms with Crippen molar-refractivity contribution in [3.63, 3.8) is 0 Å². The second-order valence-corrected chi connectivity index (χ2v) is 12.2. The number of methoxy groups -OCH3 is 1. The van der Waals surface area contributed by atoms with Crippen molar-refractivity contribution in [3.05, 3.63) is 60.2 Å². The number of carbonyl (C=O) groups is 4. The molecule has 1 saturated heterocycles. The zero-order chi connectivity index (χ0) is 28.4. The molecule has 0 spiro atoms. The monoisotopic (exact) mass is 602 g/mol. The summed E-state index contributed by atoms with van der Waals surface area (Å²) in [6.45, 7) is 5.21. The molecule has 4 amide bonds. The number of hydrogen-bond acceptors (Lipinski definition) is 5. The Morgan fingerprint density at radius 1 is 0.795 bits per heavy atom. The summed E-state index contributed by atoms with van der Waals surface area (Å²) in [5.41, 5.74) is 1.08. The van der Waals surface area contributed by atoms with E-state index >= 15 is 0 Å². The first kappa shape index (κ1) is 30.2. The van der Waals surface area contributed by atoms with E-state index in [1.165, 1.54) is 0 Å². The summed E-state index contributed by atoms with van der Waals surface area (Å²) < 4.78 is 6.30. The summed E-state index contributed by atoms with van der Waals surface area (Å²) in [6.07, 6.45) is 1.70. The Kier molecular flexibility index (Phi) is 11.4. The van der Waals surface area contributed by atoms with Crippen LogP contribution in [0.25, 0.3) is 0 Å². The number of benzene rings is 2. The number of nitrogens with one attached hydrogen (secondary N) is 4. The summed E-state index contributed by atoms with van der Waals surface area (Å²) in [4.78, 5) is 52.8. The van der Waals surface area contributed by atoms with Gasteiger partial charge in [0.25, 0.3) is 0 Å². The number of hydrogen-bond donors (Lipinski definition) is 4. The first-order valence-corrected chi connectivity index (χ1v) is 15.3. The van der Waals surface area contributed by atoms with Gasteiger partial charge in [-0.05, 0) is 0 Å². The second kappa shape index (κ2) is 14.7. The molecule has 0 unspecified atom stereocenters. The van der Waals surface area contributed by atoms with E-state index in [1.54, 1.807) is 14.0 Å². The fraction of sp³-hybridized carbons (Fsp3) is 0.448. The number of rotatable bonds is 9. The molecule has 0 bridgehead atoms. The van der Waals surface area contributed by atoms with Crippen LogP contribution in [0.5, 0.6) is 5.75 Å². The molecule has 2 aromatic carbocycles. The van der Waals surface area contributed by atoms with Crippen molar-refractivity contribution in [1.29, 1.82) is 0 Å². The van der Waals surface area contributed by atoms with E-state index < -0.39 is 47.8 Å². The third-order valence-corrected chi connectivity index (χ3v) is 8.86. The van der Waals surface area contributed by atoms with Crippen LogP contribution in [0.3, 0.4) is 0 Å². The molecule has 39 heavy (non-hydrogen) atoms. The van der Waals surface area contributed by atoms with Crippen molar-refractivity contribution in [2.24, 2.45) is 5.92 Å². The molecule has 0 aliphatic carbocycles. The van der Waals surface area contributed by atoms with Crippen molar-refractivity contribution in [3.8, 4) is 5.75 Å². The van der Waals surface area contributed by atoms with Gasteiger partial charge in [0.1, 0.15) is 0 Å². The summed E-state index contributed by atoms with van der Waals surface area (Å²) in [6, 6.07) is 14.1. The zero-order valence-electron chi connectivity index (χ0n) is 22.9. The van der Waals surface area contributed by atoms with Crippen molar-refractivity contribution in [2.45, 2.75) is 69.5 Å².